The lowest BCUT2D eigenvalue weighted by atomic mass is 9.94. The van der Waals surface area contributed by atoms with Crippen molar-refractivity contribution >= 4 is 5.97 Å². The Balaban J connectivity index is 2.32. The number of nitrogens with one attached hydrogen (secondary N) is 1. The van der Waals surface area contributed by atoms with Crippen LogP contribution in [0.3, 0.4) is 0 Å². The van der Waals surface area contributed by atoms with Crippen LogP contribution in [0.15, 0.2) is 0 Å². The zero-order valence-corrected chi connectivity index (χ0v) is 9.38. The predicted octanol–water partition coefficient (Wildman–Crippen LogP) is 1.72. The van der Waals surface area contributed by atoms with Crippen LogP contribution in [0, 0.1) is 5.92 Å². The molecule has 1 aliphatic rings. The van der Waals surface area contributed by atoms with Crippen LogP contribution >= 0.6 is 0 Å². The van der Waals surface area contributed by atoms with Gasteiger partial charge >= 0.3 is 5.97 Å². The molecule has 0 aromatic heterocycles. The van der Waals surface area contributed by atoms with Crippen LogP contribution in [-0.2, 0) is 9.53 Å². The molecule has 0 spiro atoms. The van der Waals surface area contributed by atoms with Crippen molar-refractivity contribution in [3.05, 3.63) is 0 Å². The van der Waals surface area contributed by atoms with Gasteiger partial charge < -0.3 is 10.1 Å². The van der Waals surface area contributed by atoms with Crippen molar-refractivity contribution in [2.75, 3.05) is 6.54 Å². The fraction of sp³-hybridized carbons (Fsp3) is 0.909. The first-order chi connectivity index (χ1) is 6.58. The third kappa shape index (κ3) is 4.09. The van der Waals surface area contributed by atoms with Crippen LogP contribution in [0.5, 0.6) is 0 Å². The highest BCUT2D eigenvalue weighted by Gasteiger charge is 2.23. The van der Waals surface area contributed by atoms with Gasteiger partial charge in [0.15, 0.2) is 0 Å². The molecule has 0 radical (unpaired) electrons. The molecule has 3 nitrogen and oxygen atoms in total. The second-order valence-electron chi connectivity index (χ2n) is 4.54. The summed E-state index contributed by atoms with van der Waals surface area (Å²) in [6, 6.07) is 0.521. The molecule has 1 rings (SSSR count). The molecule has 0 aromatic carbocycles. The van der Waals surface area contributed by atoms with Gasteiger partial charge in [-0.15, -0.1) is 0 Å². The highest BCUT2D eigenvalue weighted by molar-refractivity contribution is 5.66. The third-order valence-electron chi connectivity index (χ3n) is 2.54. The Kier molecular flexibility index (Phi) is 4.39. The minimum absolute atomic E-state index is 0.137. The zero-order chi connectivity index (χ0) is 10.6. The van der Waals surface area contributed by atoms with Gasteiger partial charge in [-0.05, 0) is 31.7 Å². The van der Waals surface area contributed by atoms with Crippen LogP contribution in [0.25, 0.3) is 0 Å². The molecule has 1 fully saturated rings. The van der Waals surface area contributed by atoms with Gasteiger partial charge in [-0.3, -0.25) is 4.79 Å². The van der Waals surface area contributed by atoms with E-state index in [2.05, 4.69) is 19.2 Å². The summed E-state index contributed by atoms with van der Waals surface area (Å²) in [5.41, 5.74) is 0. The summed E-state index contributed by atoms with van der Waals surface area (Å²) in [6.07, 6.45) is 3.22. The topological polar surface area (TPSA) is 38.3 Å². The van der Waals surface area contributed by atoms with Crippen molar-refractivity contribution in [3.8, 4) is 0 Å². The minimum atomic E-state index is -0.153. The number of hydrogen-bond acceptors (Lipinski definition) is 3. The number of ether oxygens (including phenoxy) is 1. The van der Waals surface area contributed by atoms with Crippen LogP contribution in [-0.4, -0.2) is 24.7 Å². The summed E-state index contributed by atoms with van der Waals surface area (Å²) in [4.78, 5) is 10.8. The van der Waals surface area contributed by atoms with E-state index in [4.69, 9.17) is 4.74 Å². The molecule has 1 saturated heterocycles. The van der Waals surface area contributed by atoms with Gasteiger partial charge in [0.2, 0.25) is 0 Å². The van der Waals surface area contributed by atoms with Crippen molar-refractivity contribution in [1.29, 1.82) is 0 Å². The number of piperidine rings is 1. The smallest absolute Gasteiger partial charge is 0.302 e. The number of hydrogen-bond donors (Lipinski definition) is 1. The predicted molar refractivity (Wildman–Crippen MR) is 56.0 cm³/mol. The number of carbonyl (C=O) groups excluding carboxylic acids is 1. The minimum Gasteiger partial charge on any atom is -0.462 e. The summed E-state index contributed by atoms with van der Waals surface area (Å²) >= 11 is 0. The molecule has 1 heterocycles. The maximum atomic E-state index is 10.8. The number of rotatable bonds is 3. The average Bonchev–Trinajstić information content (AvgIpc) is 2.01. The highest BCUT2D eigenvalue weighted by Crippen LogP contribution is 2.17. The van der Waals surface area contributed by atoms with Crippen LogP contribution in [0.1, 0.15) is 40.0 Å². The lowest BCUT2D eigenvalue weighted by molar-refractivity contribution is -0.147. The van der Waals surface area contributed by atoms with E-state index in [0.29, 0.717) is 12.0 Å². The Morgan fingerprint density at radius 2 is 2.29 bits per heavy atom. The Bertz CT molecular complexity index is 192. The maximum Gasteiger partial charge on any atom is 0.302 e. The molecule has 0 saturated carbocycles. The van der Waals surface area contributed by atoms with Gasteiger partial charge in [-0.25, -0.2) is 0 Å². The molecular weight excluding hydrogens is 178 g/mol. The van der Waals surface area contributed by atoms with Gasteiger partial charge in [0.25, 0.3) is 0 Å². The maximum absolute atomic E-state index is 10.8. The van der Waals surface area contributed by atoms with Gasteiger partial charge in [0.05, 0.1) is 0 Å². The van der Waals surface area contributed by atoms with Gasteiger partial charge in [0.1, 0.15) is 6.10 Å². The first-order valence-electron chi connectivity index (χ1n) is 5.48. The van der Waals surface area contributed by atoms with Crippen molar-refractivity contribution < 1.29 is 9.53 Å². The van der Waals surface area contributed by atoms with E-state index in [-0.39, 0.29) is 12.1 Å². The summed E-state index contributed by atoms with van der Waals surface area (Å²) in [6.45, 7) is 6.89. The lowest BCUT2D eigenvalue weighted by Crippen LogP contribution is -2.42. The van der Waals surface area contributed by atoms with E-state index in [1.807, 2.05) is 0 Å². The van der Waals surface area contributed by atoms with Crippen LogP contribution < -0.4 is 5.32 Å². The molecular formula is C11H21NO2. The standard InChI is InChI=1S/C11H21NO2/c1-8(2)6-10-7-11(4-5-12-10)14-9(3)13/h8,10-12H,4-7H2,1-3H3. The molecule has 1 N–H and O–H groups in total. The molecule has 3 heteroatoms. The first kappa shape index (κ1) is 11.5. The molecule has 1 aliphatic heterocycles. The van der Waals surface area contributed by atoms with E-state index >= 15 is 0 Å². The zero-order valence-electron chi connectivity index (χ0n) is 9.38. The molecule has 14 heavy (non-hydrogen) atoms. The second-order valence-corrected chi connectivity index (χ2v) is 4.54. The fourth-order valence-corrected chi connectivity index (χ4v) is 2.06. The molecule has 82 valence electrons. The monoisotopic (exact) mass is 199 g/mol. The Morgan fingerprint density at radius 3 is 2.86 bits per heavy atom. The molecule has 0 bridgehead atoms. The summed E-state index contributed by atoms with van der Waals surface area (Å²) in [5, 5.41) is 3.46. The molecule has 0 aromatic rings. The molecule has 0 aliphatic carbocycles. The quantitative estimate of drug-likeness (QED) is 0.703. The van der Waals surface area contributed by atoms with E-state index in [9.17, 15) is 4.79 Å². The lowest BCUT2D eigenvalue weighted by Gasteiger charge is -2.30. The summed E-state index contributed by atoms with van der Waals surface area (Å²) in [7, 11) is 0. The molecule has 2 unspecified atom stereocenters. The van der Waals surface area contributed by atoms with Crippen molar-refractivity contribution in [1.82, 2.24) is 5.32 Å². The summed E-state index contributed by atoms with van der Waals surface area (Å²) < 4.78 is 5.22. The Labute approximate surface area is 86.2 Å². The summed E-state index contributed by atoms with van der Waals surface area (Å²) in [5.74, 6) is 0.545. The fourth-order valence-electron chi connectivity index (χ4n) is 2.06. The highest BCUT2D eigenvalue weighted by atomic mass is 16.5. The van der Waals surface area contributed by atoms with Crippen LogP contribution in [0.4, 0.5) is 0 Å². The third-order valence-corrected chi connectivity index (χ3v) is 2.54. The first-order valence-corrected chi connectivity index (χ1v) is 5.48. The number of carbonyl (C=O) groups is 1. The number of esters is 1. The van der Waals surface area contributed by atoms with E-state index in [1.165, 1.54) is 6.92 Å². The van der Waals surface area contributed by atoms with Crippen molar-refractivity contribution in [3.63, 3.8) is 0 Å². The largest absolute Gasteiger partial charge is 0.462 e. The van der Waals surface area contributed by atoms with Gasteiger partial charge in [-0.2, -0.15) is 0 Å². The molecule has 0 amide bonds. The van der Waals surface area contributed by atoms with Crippen LogP contribution in [0.2, 0.25) is 0 Å². The average molecular weight is 199 g/mol. The van der Waals surface area contributed by atoms with Crippen molar-refractivity contribution in [2.24, 2.45) is 5.92 Å². The van der Waals surface area contributed by atoms with Gasteiger partial charge in [0, 0.05) is 13.0 Å². The van der Waals surface area contributed by atoms with Crippen molar-refractivity contribution in [2.45, 2.75) is 52.2 Å². The van der Waals surface area contributed by atoms with E-state index in [1.54, 1.807) is 0 Å². The second kappa shape index (κ2) is 5.35. The Hall–Kier alpha value is -0.570. The SMILES string of the molecule is CC(=O)OC1CCNC(CC(C)C)C1. The molecule has 2 atom stereocenters. The van der Waals surface area contributed by atoms with E-state index in [0.717, 1.165) is 25.8 Å². The normalized spacial score (nSPS) is 27.7. The van der Waals surface area contributed by atoms with Gasteiger partial charge in [-0.1, -0.05) is 13.8 Å². The van der Waals surface area contributed by atoms with E-state index < -0.39 is 0 Å². The Morgan fingerprint density at radius 1 is 1.57 bits per heavy atom.